The summed E-state index contributed by atoms with van der Waals surface area (Å²) in [6.45, 7) is 4.45. The molecule has 0 amide bonds. The number of nitrogens with zero attached hydrogens (tertiary/aromatic N) is 3. The Labute approximate surface area is 343 Å². The fourth-order valence-corrected chi connectivity index (χ4v) is 8.83. The monoisotopic (exact) mass is 753 g/mol. The minimum atomic E-state index is 0.881. The minimum Gasteiger partial charge on any atom is -0.309 e. The van der Waals surface area contributed by atoms with Gasteiger partial charge in [-0.3, -0.25) is 4.57 Å². The molecule has 59 heavy (non-hydrogen) atoms. The molecule has 1 aliphatic carbocycles. The number of allylic oxidation sites excluding steroid dienone is 5. The second-order valence-corrected chi connectivity index (χ2v) is 15.2. The van der Waals surface area contributed by atoms with E-state index in [0.29, 0.717) is 0 Å². The standard InChI is InChI=1S/C56H39N3/c1-38-14-4-2-7-17-41-18-8-9-19-48(41)50-36-43(28-34-47(38)50)44-29-35-54-51(37-44)49-20-10-12-22-53(49)58(54)45-30-32-46(33-31-45)59-55-23-13-11-21-52(55)57-56(59)42-26-24-40(25-27-42)39-15-5-3-6-16-39/h2-16,18-37H,1,17H2/b7-2-,14-4-. The molecule has 0 radical (unpaired) electrons. The highest BCUT2D eigenvalue weighted by Crippen LogP contribution is 2.39. The summed E-state index contributed by atoms with van der Waals surface area (Å²) in [7, 11) is 0. The largest absolute Gasteiger partial charge is 0.309 e. The highest BCUT2D eigenvalue weighted by molar-refractivity contribution is 6.10. The van der Waals surface area contributed by atoms with E-state index in [1.165, 1.54) is 60.8 Å². The third-order valence-electron chi connectivity index (χ3n) is 11.7. The summed E-state index contributed by atoms with van der Waals surface area (Å²) in [4.78, 5) is 5.15. The van der Waals surface area contributed by atoms with Crippen molar-refractivity contribution in [2.45, 2.75) is 6.42 Å². The van der Waals surface area contributed by atoms with Crippen molar-refractivity contribution < 1.29 is 0 Å². The molecule has 0 N–H and O–H groups in total. The van der Waals surface area contributed by atoms with Crippen molar-refractivity contribution in [3.8, 4) is 56.1 Å². The number of benzene rings is 8. The highest BCUT2D eigenvalue weighted by Gasteiger charge is 2.18. The molecule has 8 aromatic carbocycles. The summed E-state index contributed by atoms with van der Waals surface area (Å²) < 4.78 is 4.67. The molecular weight excluding hydrogens is 715 g/mol. The molecule has 3 nitrogen and oxygen atoms in total. The van der Waals surface area contributed by atoms with Gasteiger partial charge >= 0.3 is 0 Å². The highest BCUT2D eigenvalue weighted by atomic mass is 15.1. The van der Waals surface area contributed by atoms with E-state index in [1.807, 2.05) is 0 Å². The molecular formula is C56H39N3. The van der Waals surface area contributed by atoms with Gasteiger partial charge in [0.2, 0.25) is 0 Å². The van der Waals surface area contributed by atoms with Crippen molar-refractivity contribution in [3.05, 3.63) is 230 Å². The molecule has 11 rings (SSSR count). The van der Waals surface area contributed by atoms with Gasteiger partial charge in [0.25, 0.3) is 0 Å². The van der Waals surface area contributed by atoms with Gasteiger partial charge in [-0.2, -0.15) is 0 Å². The average molecular weight is 754 g/mol. The van der Waals surface area contributed by atoms with Gasteiger partial charge in [-0.15, -0.1) is 0 Å². The van der Waals surface area contributed by atoms with E-state index < -0.39 is 0 Å². The van der Waals surface area contributed by atoms with E-state index in [9.17, 15) is 0 Å². The molecule has 10 aromatic rings. The lowest BCUT2D eigenvalue weighted by Crippen LogP contribution is -1.99. The third-order valence-corrected chi connectivity index (χ3v) is 11.7. The summed E-state index contributed by atoms with van der Waals surface area (Å²) in [5, 5.41) is 2.45. The molecule has 278 valence electrons. The lowest BCUT2D eigenvalue weighted by atomic mass is 9.88. The molecule has 0 saturated heterocycles. The Bertz CT molecular complexity index is 3280. The summed E-state index contributed by atoms with van der Waals surface area (Å²) in [5.74, 6) is 0.920. The maximum Gasteiger partial charge on any atom is 0.145 e. The van der Waals surface area contributed by atoms with Crippen LogP contribution in [0.2, 0.25) is 0 Å². The summed E-state index contributed by atoms with van der Waals surface area (Å²) >= 11 is 0. The van der Waals surface area contributed by atoms with E-state index in [-0.39, 0.29) is 0 Å². The van der Waals surface area contributed by atoms with Crippen LogP contribution in [-0.4, -0.2) is 14.1 Å². The first kappa shape index (κ1) is 34.5. The van der Waals surface area contributed by atoms with Crippen LogP contribution < -0.4 is 0 Å². The Morgan fingerprint density at radius 3 is 1.90 bits per heavy atom. The number of hydrogen-bond acceptors (Lipinski definition) is 1. The van der Waals surface area contributed by atoms with Crippen LogP contribution in [-0.2, 0) is 6.42 Å². The smallest absolute Gasteiger partial charge is 0.145 e. The van der Waals surface area contributed by atoms with Gasteiger partial charge in [0.1, 0.15) is 5.82 Å². The van der Waals surface area contributed by atoms with Crippen LogP contribution in [0.4, 0.5) is 0 Å². The van der Waals surface area contributed by atoms with E-state index in [2.05, 4.69) is 228 Å². The Kier molecular flexibility index (Phi) is 8.37. The first-order valence-electron chi connectivity index (χ1n) is 20.2. The summed E-state index contributed by atoms with van der Waals surface area (Å²) in [6, 6.07) is 67.8. The van der Waals surface area contributed by atoms with Crippen molar-refractivity contribution in [1.82, 2.24) is 14.1 Å². The summed E-state index contributed by atoms with van der Waals surface area (Å²) in [5.41, 5.74) is 18.3. The number of hydrogen-bond donors (Lipinski definition) is 0. The average Bonchev–Trinajstić information content (AvgIpc) is 3.85. The minimum absolute atomic E-state index is 0.881. The zero-order valence-electron chi connectivity index (χ0n) is 32.5. The van der Waals surface area contributed by atoms with Crippen LogP contribution in [0.25, 0.3) is 94.6 Å². The maximum atomic E-state index is 5.15. The maximum absolute atomic E-state index is 5.15. The Balaban J connectivity index is 0.996. The molecule has 0 atom stereocenters. The molecule has 2 aromatic heterocycles. The second-order valence-electron chi connectivity index (χ2n) is 15.2. The number of aromatic nitrogens is 3. The van der Waals surface area contributed by atoms with Gasteiger partial charge in [-0.1, -0.05) is 158 Å². The topological polar surface area (TPSA) is 22.8 Å². The zero-order chi connectivity index (χ0) is 39.3. The second kappa shape index (κ2) is 14.3. The van der Waals surface area contributed by atoms with Crippen molar-refractivity contribution in [3.63, 3.8) is 0 Å². The van der Waals surface area contributed by atoms with E-state index in [0.717, 1.165) is 51.4 Å². The van der Waals surface area contributed by atoms with Gasteiger partial charge in [0.05, 0.1) is 22.1 Å². The normalized spacial score (nSPS) is 13.7. The molecule has 0 bridgehead atoms. The Morgan fingerprint density at radius 2 is 1.05 bits per heavy atom. The van der Waals surface area contributed by atoms with E-state index >= 15 is 0 Å². The SMILES string of the molecule is C=C1/C=C\C=C/Cc2ccccc2-c2cc(-c3ccc4c(c3)c3ccccc3n4-c3ccc(-n4c(-c5ccc(-c6ccccc6)cc5)nc5ccccc54)cc3)ccc21. The summed E-state index contributed by atoms with van der Waals surface area (Å²) in [6.07, 6.45) is 9.42. The zero-order valence-corrected chi connectivity index (χ0v) is 32.5. The predicted octanol–water partition coefficient (Wildman–Crippen LogP) is 14.5. The van der Waals surface area contributed by atoms with Crippen molar-refractivity contribution in [1.29, 1.82) is 0 Å². The van der Waals surface area contributed by atoms with Crippen LogP contribution in [0.1, 0.15) is 11.1 Å². The quantitative estimate of drug-likeness (QED) is 0.172. The van der Waals surface area contributed by atoms with Crippen molar-refractivity contribution in [2.24, 2.45) is 0 Å². The van der Waals surface area contributed by atoms with Crippen LogP contribution in [0, 0.1) is 0 Å². The number of fused-ring (bicyclic) bond motifs is 7. The van der Waals surface area contributed by atoms with Gasteiger partial charge < -0.3 is 4.57 Å². The van der Waals surface area contributed by atoms with E-state index in [1.54, 1.807) is 0 Å². The molecule has 0 aliphatic heterocycles. The Hall–Kier alpha value is -7.75. The van der Waals surface area contributed by atoms with Gasteiger partial charge in [-0.25, -0.2) is 4.98 Å². The first-order chi connectivity index (χ1) is 29.2. The fraction of sp³-hybridized carbons (Fsp3) is 0.0179. The van der Waals surface area contributed by atoms with Crippen LogP contribution in [0.3, 0.4) is 0 Å². The molecule has 3 heteroatoms. The molecule has 2 heterocycles. The molecule has 0 saturated carbocycles. The van der Waals surface area contributed by atoms with Gasteiger partial charge in [-0.05, 0) is 117 Å². The Morgan fingerprint density at radius 1 is 0.424 bits per heavy atom. The molecule has 0 spiro atoms. The van der Waals surface area contributed by atoms with Crippen LogP contribution in [0.5, 0.6) is 0 Å². The van der Waals surface area contributed by atoms with E-state index in [4.69, 9.17) is 4.98 Å². The van der Waals surface area contributed by atoms with Crippen molar-refractivity contribution >= 4 is 38.4 Å². The third kappa shape index (κ3) is 6.03. The number of para-hydroxylation sites is 3. The predicted molar refractivity (Wildman–Crippen MR) is 248 cm³/mol. The lowest BCUT2D eigenvalue weighted by Gasteiger charge is -2.16. The van der Waals surface area contributed by atoms with Crippen LogP contribution in [0.15, 0.2) is 219 Å². The molecule has 1 aliphatic rings. The van der Waals surface area contributed by atoms with Crippen molar-refractivity contribution in [2.75, 3.05) is 0 Å². The van der Waals surface area contributed by atoms with Crippen LogP contribution >= 0.6 is 0 Å². The molecule has 0 fully saturated rings. The lowest BCUT2D eigenvalue weighted by molar-refractivity contribution is 1.09. The molecule has 0 unspecified atom stereocenters. The van der Waals surface area contributed by atoms with Gasteiger partial charge in [0.15, 0.2) is 0 Å². The fourth-order valence-electron chi connectivity index (χ4n) is 8.83. The van der Waals surface area contributed by atoms with Gasteiger partial charge in [0, 0.05) is 27.7 Å². The number of rotatable bonds is 5. The first-order valence-corrected chi connectivity index (χ1v) is 20.2. The number of imidazole rings is 1.